The molecule has 0 aliphatic heterocycles. The number of benzene rings is 1. The molecule has 0 amide bonds. The first kappa shape index (κ1) is 15.6. The highest BCUT2D eigenvalue weighted by Crippen LogP contribution is 2.29. The number of alkyl halides is 3. The molecule has 21 heavy (non-hydrogen) atoms. The van der Waals surface area contributed by atoms with Gasteiger partial charge in [-0.1, -0.05) is 18.2 Å². The number of imidazole rings is 1. The molecule has 1 unspecified atom stereocenters. The van der Waals surface area contributed by atoms with Crippen LogP contribution in [0.4, 0.5) is 13.2 Å². The molecule has 1 N–H and O–H groups in total. The van der Waals surface area contributed by atoms with Gasteiger partial charge in [0.25, 0.3) is 0 Å². The Kier molecular flexibility index (Phi) is 4.67. The third-order valence-electron chi connectivity index (χ3n) is 3.49. The number of hydrogen-bond acceptors (Lipinski definition) is 2. The van der Waals surface area contributed by atoms with Gasteiger partial charge in [-0.2, -0.15) is 13.2 Å². The Morgan fingerprint density at radius 2 is 2.05 bits per heavy atom. The van der Waals surface area contributed by atoms with Crippen molar-refractivity contribution in [1.29, 1.82) is 0 Å². The van der Waals surface area contributed by atoms with E-state index in [4.69, 9.17) is 0 Å². The first-order valence-electron chi connectivity index (χ1n) is 6.69. The average molecular weight is 297 g/mol. The summed E-state index contributed by atoms with van der Waals surface area (Å²) in [6.45, 7) is 0. The highest BCUT2D eigenvalue weighted by molar-refractivity contribution is 5.26. The fourth-order valence-electron chi connectivity index (χ4n) is 2.25. The molecule has 0 saturated heterocycles. The Morgan fingerprint density at radius 3 is 2.62 bits per heavy atom. The Labute approximate surface area is 121 Å². The second-order valence-corrected chi connectivity index (χ2v) is 5.05. The lowest BCUT2D eigenvalue weighted by molar-refractivity contribution is -0.137. The average Bonchev–Trinajstić information content (AvgIpc) is 2.83. The van der Waals surface area contributed by atoms with Gasteiger partial charge in [0, 0.05) is 31.9 Å². The molecule has 2 rings (SSSR count). The van der Waals surface area contributed by atoms with Crippen molar-refractivity contribution in [2.75, 3.05) is 7.05 Å². The molecule has 6 heteroatoms. The van der Waals surface area contributed by atoms with Crippen LogP contribution in [-0.4, -0.2) is 22.6 Å². The Hall–Kier alpha value is -1.82. The van der Waals surface area contributed by atoms with E-state index >= 15 is 0 Å². The summed E-state index contributed by atoms with van der Waals surface area (Å²) in [6.07, 6.45) is 0.451. The Balaban J connectivity index is 2.10. The van der Waals surface area contributed by atoms with Crippen LogP contribution in [0, 0.1) is 0 Å². The third kappa shape index (κ3) is 4.07. The second-order valence-electron chi connectivity index (χ2n) is 5.05. The lowest BCUT2D eigenvalue weighted by atomic mass is 10.0. The maximum atomic E-state index is 12.7. The van der Waals surface area contributed by atoms with Crippen LogP contribution in [-0.2, 0) is 26.1 Å². The number of rotatable bonds is 5. The predicted molar refractivity (Wildman–Crippen MR) is 74.9 cm³/mol. The minimum absolute atomic E-state index is 0.0367. The van der Waals surface area contributed by atoms with Crippen molar-refractivity contribution in [3.8, 4) is 0 Å². The van der Waals surface area contributed by atoms with E-state index in [9.17, 15) is 13.2 Å². The smallest absolute Gasteiger partial charge is 0.338 e. The molecule has 0 aliphatic carbocycles. The number of aromatic nitrogens is 2. The predicted octanol–water partition coefficient (Wildman–Crippen LogP) is 2.81. The number of halogens is 3. The van der Waals surface area contributed by atoms with E-state index in [0.717, 1.165) is 11.9 Å². The lowest BCUT2D eigenvalue weighted by Crippen LogP contribution is -2.31. The fourth-order valence-corrected chi connectivity index (χ4v) is 2.25. The summed E-state index contributed by atoms with van der Waals surface area (Å²) >= 11 is 0. The summed E-state index contributed by atoms with van der Waals surface area (Å²) in [7, 11) is 3.71. The maximum absolute atomic E-state index is 12.7. The van der Waals surface area contributed by atoms with E-state index in [0.29, 0.717) is 18.4 Å². The summed E-state index contributed by atoms with van der Waals surface area (Å²) in [5, 5.41) is 3.14. The summed E-state index contributed by atoms with van der Waals surface area (Å²) in [5.41, 5.74) is 0.0604. The highest BCUT2D eigenvalue weighted by Gasteiger charge is 2.30. The number of aryl methyl sites for hydroxylation is 1. The van der Waals surface area contributed by atoms with E-state index < -0.39 is 11.7 Å². The molecule has 2 aromatic rings. The molecule has 3 nitrogen and oxygen atoms in total. The number of hydrogen-bond donors (Lipinski definition) is 1. The molecule has 0 bridgehead atoms. The van der Waals surface area contributed by atoms with Gasteiger partial charge in [0.1, 0.15) is 5.82 Å². The van der Waals surface area contributed by atoms with E-state index in [2.05, 4.69) is 10.3 Å². The van der Waals surface area contributed by atoms with E-state index in [-0.39, 0.29) is 6.04 Å². The minimum Gasteiger partial charge on any atom is -0.338 e. The van der Waals surface area contributed by atoms with Crippen LogP contribution in [0.15, 0.2) is 36.7 Å². The van der Waals surface area contributed by atoms with Crippen LogP contribution in [0.2, 0.25) is 0 Å². The molecule has 1 heterocycles. The van der Waals surface area contributed by atoms with Crippen LogP contribution in [0.5, 0.6) is 0 Å². The highest BCUT2D eigenvalue weighted by atomic mass is 19.4. The summed E-state index contributed by atoms with van der Waals surface area (Å²) in [5.74, 6) is 0.904. The van der Waals surface area contributed by atoms with Crippen molar-refractivity contribution in [3.05, 3.63) is 53.6 Å². The zero-order chi connectivity index (χ0) is 15.5. The van der Waals surface area contributed by atoms with Crippen molar-refractivity contribution in [1.82, 2.24) is 14.9 Å². The topological polar surface area (TPSA) is 29.9 Å². The van der Waals surface area contributed by atoms with Gasteiger partial charge >= 0.3 is 6.18 Å². The monoisotopic (exact) mass is 297 g/mol. The summed E-state index contributed by atoms with van der Waals surface area (Å²) in [6, 6.07) is 5.51. The first-order chi connectivity index (χ1) is 9.90. The largest absolute Gasteiger partial charge is 0.416 e. The quantitative estimate of drug-likeness (QED) is 0.919. The molecular formula is C15H18F3N3. The Morgan fingerprint density at radius 1 is 1.29 bits per heavy atom. The standard InChI is InChI=1S/C15H18F3N3/c1-19-13(10-14-20-6-7-21(14)2)9-11-4-3-5-12(8-11)15(16,17)18/h3-8,13,19H,9-10H2,1-2H3. The van der Waals surface area contributed by atoms with Crippen LogP contribution in [0.25, 0.3) is 0 Å². The SMILES string of the molecule is CNC(Cc1cccc(C(F)(F)F)c1)Cc1nccn1C. The van der Waals surface area contributed by atoms with Crippen molar-refractivity contribution in [2.24, 2.45) is 7.05 Å². The third-order valence-corrected chi connectivity index (χ3v) is 3.49. The van der Waals surface area contributed by atoms with Gasteiger partial charge in [-0.3, -0.25) is 0 Å². The zero-order valence-electron chi connectivity index (χ0n) is 12.0. The molecular weight excluding hydrogens is 279 g/mol. The summed E-state index contributed by atoms with van der Waals surface area (Å²) < 4.78 is 40.1. The molecule has 0 radical (unpaired) electrons. The molecule has 1 atom stereocenters. The van der Waals surface area contributed by atoms with Gasteiger partial charge in [-0.25, -0.2) is 4.98 Å². The molecule has 1 aromatic heterocycles. The first-order valence-corrected chi connectivity index (χ1v) is 6.69. The molecule has 1 aromatic carbocycles. The zero-order valence-corrected chi connectivity index (χ0v) is 12.0. The number of nitrogens with zero attached hydrogens (tertiary/aromatic N) is 2. The van der Waals surface area contributed by atoms with Gasteiger partial charge in [0.2, 0.25) is 0 Å². The van der Waals surface area contributed by atoms with Crippen molar-refractivity contribution in [3.63, 3.8) is 0 Å². The van der Waals surface area contributed by atoms with Gasteiger partial charge in [-0.05, 0) is 25.1 Å². The maximum Gasteiger partial charge on any atom is 0.416 e. The van der Waals surface area contributed by atoms with Gasteiger partial charge < -0.3 is 9.88 Å². The van der Waals surface area contributed by atoms with Gasteiger partial charge in [0.05, 0.1) is 5.56 Å². The molecule has 0 saturated carbocycles. The number of likely N-dealkylation sites (N-methyl/N-ethyl adjacent to an activating group) is 1. The van der Waals surface area contributed by atoms with E-state index in [1.54, 1.807) is 19.3 Å². The normalized spacial score (nSPS) is 13.4. The van der Waals surface area contributed by atoms with E-state index in [1.165, 1.54) is 12.1 Å². The van der Waals surface area contributed by atoms with Crippen molar-refractivity contribution < 1.29 is 13.2 Å². The van der Waals surface area contributed by atoms with Gasteiger partial charge in [0.15, 0.2) is 0 Å². The molecule has 0 fully saturated rings. The molecule has 0 spiro atoms. The van der Waals surface area contributed by atoms with Crippen molar-refractivity contribution in [2.45, 2.75) is 25.1 Å². The van der Waals surface area contributed by atoms with Gasteiger partial charge in [-0.15, -0.1) is 0 Å². The minimum atomic E-state index is -4.30. The van der Waals surface area contributed by atoms with Crippen LogP contribution >= 0.6 is 0 Å². The van der Waals surface area contributed by atoms with Crippen LogP contribution < -0.4 is 5.32 Å². The second kappa shape index (κ2) is 6.30. The Bertz CT molecular complexity index is 590. The van der Waals surface area contributed by atoms with Crippen LogP contribution in [0.3, 0.4) is 0 Å². The summed E-state index contributed by atoms with van der Waals surface area (Å²) in [4.78, 5) is 4.24. The molecule has 0 aliphatic rings. The lowest BCUT2D eigenvalue weighted by Gasteiger charge is -2.17. The number of nitrogens with one attached hydrogen (secondary N) is 1. The fraction of sp³-hybridized carbons (Fsp3) is 0.400. The van der Waals surface area contributed by atoms with E-state index in [1.807, 2.05) is 17.8 Å². The van der Waals surface area contributed by atoms with Crippen LogP contribution in [0.1, 0.15) is 17.0 Å². The van der Waals surface area contributed by atoms with Crippen molar-refractivity contribution >= 4 is 0 Å². The molecule has 114 valence electrons.